The molecule has 0 saturated heterocycles. The summed E-state index contributed by atoms with van der Waals surface area (Å²) in [5.74, 6) is 0.176. The van der Waals surface area contributed by atoms with E-state index in [1.807, 2.05) is 0 Å². The van der Waals surface area contributed by atoms with Gasteiger partial charge in [-0.25, -0.2) is 0 Å². The summed E-state index contributed by atoms with van der Waals surface area (Å²) in [6.07, 6.45) is 0. The predicted octanol–water partition coefficient (Wildman–Crippen LogP) is 1.10. The Bertz CT molecular complexity index is 171. The van der Waals surface area contributed by atoms with E-state index in [1.54, 1.807) is 6.07 Å². The number of benzene rings is 1. The van der Waals surface area contributed by atoms with E-state index in [1.165, 1.54) is 18.2 Å². The van der Waals surface area contributed by atoms with Crippen molar-refractivity contribution in [3.8, 4) is 11.5 Å². The van der Waals surface area contributed by atoms with Crippen LogP contribution in [-0.2, 0) is 19.5 Å². The van der Waals surface area contributed by atoms with Gasteiger partial charge in [0.2, 0.25) is 0 Å². The van der Waals surface area contributed by atoms with Gasteiger partial charge >= 0.3 is 0 Å². The number of phenolic OH excluding ortho intramolecular Hbond substituents is 2. The first-order valence-corrected chi connectivity index (χ1v) is 2.27. The molecule has 1 aromatic carbocycles. The molecule has 0 spiro atoms. The molecular formula is C6H6O2Zn. The number of hydrogen-bond donors (Lipinski definition) is 2. The summed E-state index contributed by atoms with van der Waals surface area (Å²) < 4.78 is 0. The maximum atomic E-state index is 8.65. The second kappa shape index (κ2) is 3.47. The number of phenols is 2. The summed E-state index contributed by atoms with van der Waals surface area (Å²) in [6, 6.07) is 5.85. The van der Waals surface area contributed by atoms with Crippen molar-refractivity contribution in [2.24, 2.45) is 0 Å². The minimum atomic E-state index is 0. The van der Waals surface area contributed by atoms with Crippen molar-refractivity contribution < 1.29 is 29.7 Å². The van der Waals surface area contributed by atoms with E-state index >= 15 is 0 Å². The van der Waals surface area contributed by atoms with Crippen molar-refractivity contribution >= 4 is 0 Å². The Morgan fingerprint density at radius 1 is 1.00 bits per heavy atom. The van der Waals surface area contributed by atoms with Crippen molar-refractivity contribution in [3.63, 3.8) is 0 Å². The maximum absolute atomic E-state index is 8.65. The fourth-order valence-electron chi connectivity index (χ4n) is 0.493. The molecule has 44 valence electrons. The molecule has 3 heteroatoms. The van der Waals surface area contributed by atoms with Crippen LogP contribution in [0, 0.1) is 0 Å². The van der Waals surface area contributed by atoms with Gasteiger partial charge in [-0.1, -0.05) is 6.07 Å². The Balaban J connectivity index is 0.000000640. The molecule has 0 saturated carbocycles. The van der Waals surface area contributed by atoms with Crippen LogP contribution >= 0.6 is 0 Å². The third-order valence-electron chi connectivity index (χ3n) is 0.830. The zero-order chi connectivity index (χ0) is 5.98. The molecule has 0 fully saturated rings. The quantitative estimate of drug-likeness (QED) is 0.580. The van der Waals surface area contributed by atoms with Gasteiger partial charge < -0.3 is 10.2 Å². The zero-order valence-electron chi connectivity index (χ0n) is 4.91. The summed E-state index contributed by atoms with van der Waals surface area (Å²) in [5, 5.41) is 17.3. The van der Waals surface area contributed by atoms with Crippen molar-refractivity contribution in [1.29, 1.82) is 0 Å². The van der Waals surface area contributed by atoms with Gasteiger partial charge in [0.25, 0.3) is 0 Å². The van der Waals surface area contributed by atoms with Crippen molar-refractivity contribution in [2.45, 2.75) is 0 Å². The van der Waals surface area contributed by atoms with Gasteiger partial charge in [-0.3, -0.25) is 0 Å². The van der Waals surface area contributed by atoms with Crippen molar-refractivity contribution in [2.75, 3.05) is 0 Å². The molecule has 0 unspecified atom stereocenters. The van der Waals surface area contributed by atoms with Crippen LogP contribution in [0.3, 0.4) is 0 Å². The first-order valence-electron chi connectivity index (χ1n) is 2.27. The van der Waals surface area contributed by atoms with E-state index in [-0.39, 0.29) is 31.0 Å². The van der Waals surface area contributed by atoms with E-state index in [0.717, 1.165) is 0 Å². The molecule has 0 aliphatic heterocycles. The molecule has 0 radical (unpaired) electrons. The van der Waals surface area contributed by atoms with E-state index in [0.29, 0.717) is 0 Å². The number of hydrogen-bond acceptors (Lipinski definition) is 2. The summed E-state index contributed by atoms with van der Waals surface area (Å²) in [7, 11) is 0. The third-order valence-corrected chi connectivity index (χ3v) is 0.830. The number of rotatable bonds is 0. The summed E-state index contributed by atoms with van der Waals surface area (Å²) in [4.78, 5) is 0. The van der Waals surface area contributed by atoms with Crippen LogP contribution in [0.15, 0.2) is 24.3 Å². The fraction of sp³-hybridized carbons (Fsp3) is 0. The molecule has 0 aromatic heterocycles. The van der Waals surface area contributed by atoms with Crippen molar-refractivity contribution in [1.82, 2.24) is 0 Å². The molecule has 0 aliphatic rings. The smallest absolute Gasteiger partial charge is 0.119 e. The van der Waals surface area contributed by atoms with Gasteiger partial charge in [0, 0.05) is 25.5 Å². The molecule has 0 amide bonds. The van der Waals surface area contributed by atoms with Gasteiger partial charge in [0.05, 0.1) is 0 Å². The van der Waals surface area contributed by atoms with E-state index < -0.39 is 0 Å². The Morgan fingerprint density at radius 3 is 1.67 bits per heavy atom. The summed E-state index contributed by atoms with van der Waals surface area (Å²) in [5.41, 5.74) is 0. The van der Waals surface area contributed by atoms with Crippen LogP contribution in [0.25, 0.3) is 0 Å². The van der Waals surface area contributed by atoms with Gasteiger partial charge in [0.1, 0.15) is 11.5 Å². The molecule has 0 aliphatic carbocycles. The Hall–Kier alpha value is -0.557. The van der Waals surface area contributed by atoms with Crippen LogP contribution in [-0.4, -0.2) is 10.2 Å². The maximum Gasteiger partial charge on any atom is 0.119 e. The van der Waals surface area contributed by atoms with E-state index in [9.17, 15) is 0 Å². The molecule has 1 aromatic rings. The first kappa shape index (κ1) is 8.44. The molecule has 0 heterocycles. The summed E-state index contributed by atoms with van der Waals surface area (Å²) in [6.45, 7) is 0. The fourth-order valence-corrected chi connectivity index (χ4v) is 0.493. The van der Waals surface area contributed by atoms with Gasteiger partial charge in [-0.2, -0.15) is 0 Å². The second-order valence-electron chi connectivity index (χ2n) is 1.52. The van der Waals surface area contributed by atoms with Gasteiger partial charge in [0.15, 0.2) is 0 Å². The molecule has 0 atom stereocenters. The average Bonchev–Trinajstić information content (AvgIpc) is 1.64. The Labute approximate surface area is 65.9 Å². The van der Waals surface area contributed by atoms with Gasteiger partial charge in [-0.15, -0.1) is 0 Å². The minimum absolute atomic E-state index is 0. The van der Waals surface area contributed by atoms with E-state index in [4.69, 9.17) is 10.2 Å². The Kier molecular flexibility index (Phi) is 3.25. The molecule has 2 nitrogen and oxygen atoms in total. The molecule has 0 bridgehead atoms. The predicted molar refractivity (Wildman–Crippen MR) is 29.8 cm³/mol. The SMILES string of the molecule is Oc1cccc(O)c1.[Zn]. The molecule has 9 heavy (non-hydrogen) atoms. The van der Waals surface area contributed by atoms with Crippen LogP contribution in [0.1, 0.15) is 0 Å². The monoisotopic (exact) mass is 174 g/mol. The van der Waals surface area contributed by atoms with Crippen LogP contribution < -0.4 is 0 Å². The summed E-state index contributed by atoms with van der Waals surface area (Å²) >= 11 is 0. The normalized spacial score (nSPS) is 8.00. The minimum Gasteiger partial charge on any atom is -0.508 e. The van der Waals surface area contributed by atoms with Gasteiger partial charge in [-0.05, 0) is 12.1 Å². The first-order chi connectivity index (χ1) is 3.79. The molecular weight excluding hydrogens is 169 g/mol. The van der Waals surface area contributed by atoms with Crippen molar-refractivity contribution in [3.05, 3.63) is 24.3 Å². The van der Waals surface area contributed by atoms with Crippen LogP contribution in [0.2, 0.25) is 0 Å². The third kappa shape index (κ3) is 2.47. The average molecular weight is 176 g/mol. The second-order valence-corrected chi connectivity index (χ2v) is 1.52. The number of aromatic hydroxyl groups is 2. The zero-order valence-corrected chi connectivity index (χ0v) is 7.88. The molecule has 1 rings (SSSR count). The molecule has 2 N–H and O–H groups in total. The standard InChI is InChI=1S/C6H6O2.Zn/c7-5-2-1-3-6(8)4-5;/h1-4,7-8H;. The van der Waals surface area contributed by atoms with Crippen LogP contribution in [0.4, 0.5) is 0 Å². The topological polar surface area (TPSA) is 40.5 Å². The van der Waals surface area contributed by atoms with Crippen LogP contribution in [0.5, 0.6) is 11.5 Å². The largest absolute Gasteiger partial charge is 0.508 e. The van der Waals surface area contributed by atoms with E-state index in [2.05, 4.69) is 0 Å². The Morgan fingerprint density at radius 2 is 1.44 bits per heavy atom.